The number of ether oxygens (including phenoxy) is 12. The Morgan fingerprint density at radius 3 is 1.81 bits per heavy atom. The Kier molecular flexibility index (Phi) is 20.3. The Hall–Kier alpha value is -3.63. The maximum Gasteiger partial charge on any atom is 0.335 e. The number of aliphatic hydroxyl groups excluding tert-OH is 10. The summed E-state index contributed by atoms with van der Waals surface area (Å²) in [7, 11) is 0. The molecule has 28 nitrogen and oxygen atoms in total. The molecule has 0 aromatic heterocycles. The Labute approximate surface area is 516 Å². The van der Waals surface area contributed by atoms with Crippen LogP contribution in [0.15, 0.2) is 11.6 Å². The zero-order valence-electron chi connectivity index (χ0n) is 52.4. The minimum atomic E-state index is -2.06. The molecule has 9 aliphatic rings. The van der Waals surface area contributed by atoms with Gasteiger partial charge >= 0.3 is 29.8 Å². The number of hydrogen-bond donors (Lipinski definition) is 11. The smallest absolute Gasteiger partial charge is 0.335 e. The van der Waals surface area contributed by atoms with Crippen molar-refractivity contribution < 1.29 is 137 Å². The summed E-state index contributed by atoms with van der Waals surface area (Å²) in [5.74, 6) is -5.30. The maximum atomic E-state index is 12.6. The highest BCUT2D eigenvalue weighted by Crippen LogP contribution is 2.76. The third-order valence-corrected chi connectivity index (χ3v) is 22.6. The summed E-state index contributed by atoms with van der Waals surface area (Å²) in [6.07, 6.45) is -28.7. The number of aliphatic hydroxyl groups is 10. The average Bonchev–Trinajstić information content (AvgIpc) is 0.680. The molecule has 0 bridgehead atoms. The van der Waals surface area contributed by atoms with E-state index in [-0.39, 0.29) is 29.8 Å². The van der Waals surface area contributed by atoms with Gasteiger partial charge in [0, 0.05) is 38.5 Å². The Balaban J connectivity index is 0.960. The molecule has 89 heavy (non-hydrogen) atoms. The molecule has 0 amide bonds. The first-order chi connectivity index (χ1) is 41.5. The summed E-state index contributed by atoms with van der Waals surface area (Å²) in [5, 5.41) is 122. The Bertz CT molecular complexity index is 2620. The van der Waals surface area contributed by atoms with Crippen molar-refractivity contribution in [3.05, 3.63) is 11.6 Å². The SMILES string of the molecule is CC(=O)OC[C@H]1O[C@@H](O[C@@H]2[C@@H](O)[C@@H](O[C@@H]3[C@@H](O)C(C)(C)C[C@H]4C5=CC[C@@H]6[C@@]7(C)CC[C@H](O[C@H]8O[C@@H](C(=O)O)[C@@H](O)[C@@H](O)[C@H]8O[C@H]8O[C@@H](CO)[C@H](O)[C@@H](O)[C@H]8O)[C@@](C)(CO)[C@H]7CC[C@]6(C)[C@@]5(C)CC[C@]34C)OC[C@@H]2O)[C@H](OC(C)=O)[C@H](OC(C)=O)[C@@H]1OC(C)=O. The van der Waals surface area contributed by atoms with Crippen molar-refractivity contribution in [2.24, 2.45) is 50.2 Å². The first-order valence-electron chi connectivity index (χ1n) is 31.0. The molecule has 4 saturated heterocycles. The molecule has 506 valence electrons. The number of fused-ring (bicyclic) bond motifs is 7. The summed E-state index contributed by atoms with van der Waals surface area (Å²) in [4.78, 5) is 62.0. The molecule has 4 heterocycles. The number of esters is 4. The van der Waals surface area contributed by atoms with Crippen LogP contribution in [-0.2, 0) is 80.8 Å². The second kappa shape index (κ2) is 25.9. The van der Waals surface area contributed by atoms with Crippen LogP contribution in [0.5, 0.6) is 0 Å². The zero-order chi connectivity index (χ0) is 65.6. The summed E-state index contributed by atoms with van der Waals surface area (Å²) in [6, 6.07) is 0. The van der Waals surface area contributed by atoms with Gasteiger partial charge in [-0.05, 0) is 90.8 Å². The summed E-state index contributed by atoms with van der Waals surface area (Å²) >= 11 is 0. The summed E-state index contributed by atoms with van der Waals surface area (Å²) in [6.45, 7) is 17.0. The molecule has 0 aromatic rings. The van der Waals surface area contributed by atoms with E-state index in [0.29, 0.717) is 51.4 Å². The molecular weight excluding hydrogens is 1180 g/mol. The highest BCUT2D eigenvalue weighted by atomic mass is 16.8. The van der Waals surface area contributed by atoms with E-state index in [1.807, 2.05) is 20.8 Å². The van der Waals surface area contributed by atoms with Gasteiger partial charge in [0.05, 0.1) is 38.1 Å². The lowest BCUT2D eigenvalue weighted by Gasteiger charge is -2.72. The summed E-state index contributed by atoms with van der Waals surface area (Å²) in [5.41, 5.74) is -2.55. The fourth-order valence-electron chi connectivity index (χ4n) is 17.6. The van der Waals surface area contributed by atoms with Crippen LogP contribution in [0.4, 0.5) is 0 Å². The van der Waals surface area contributed by atoms with Crippen LogP contribution >= 0.6 is 0 Å². The van der Waals surface area contributed by atoms with Crippen molar-refractivity contribution in [1.29, 1.82) is 0 Å². The molecule has 30 atom stereocenters. The Morgan fingerprint density at radius 2 is 1.19 bits per heavy atom. The van der Waals surface area contributed by atoms with Gasteiger partial charge in [-0.15, -0.1) is 0 Å². The lowest BCUT2D eigenvalue weighted by molar-refractivity contribution is -0.375. The molecule has 0 aromatic carbocycles. The molecular formula is C61H94O28. The van der Waals surface area contributed by atoms with Gasteiger partial charge in [-0.25, -0.2) is 4.79 Å². The van der Waals surface area contributed by atoms with Gasteiger partial charge in [0.2, 0.25) is 0 Å². The molecule has 5 aliphatic carbocycles. The first kappa shape index (κ1) is 69.7. The van der Waals surface area contributed by atoms with Crippen molar-refractivity contribution in [2.75, 3.05) is 26.4 Å². The van der Waals surface area contributed by atoms with Crippen molar-refractivity contribution in [3.63, 3.8) is 0 Å². The van der Waals surface area contributed by atoms with Gasteiger partial charge in [-0.1, -0.05) is 60.1 Å². The van der Waals surface area contributed by atoms with Crippen LogP contribution in [0.1, 0.15) is 128 Å². The highest BCUT2D eigenvalue weighted by Gasteiger charge is 2.71. The van der Waals surface area contributed by atoms with Gasteiger partial charge in [0.25, 0.3) is 0 Å². The number of hydrogen-bond acceptors (Lipinski definition) is 27. The minimum Gasteiger partial charge on any atom is -0.479 e. The quantitative estimate of drug-likeness (QED) is 0.0398. The number of allylic oxidation sites excluding steroid dienone is 2. The molecule has 0 spiro atoms. The van der Waals surface area contributed by atoms with E-state index in [0.717, 1.165) is 27.7 Å². The number of carboxylic acid groups (broad SMARTS) is 1. The average molecular weight is 1280 g/mol. The topological polar surface area (TPSA) is 419 Å². The third-order valence-electron chi connectivity index (χ3n) is 22.6. The van der Waals surface area contributed by atoms with Crippen LogP contribution < -0.4 is 0 Å². The largest absolute Gasteiger partial charge is 0.479 e. The predicted molar refractivity (Wildman–Crippen MR) is 298 cm³/mol. The zero-order valence-corrected chi connectivity index (χ0v) is 52.4. The van der Waals surface area contributed by atoms with Crippen LogP contribution in [0.3, 0.4) is 0 Å². The summed E-state index contributed by atoms with van der Waals surface area (Å²) < 4.78 is 71.3. The second-order valence-corrected chi connectivity index (χ2v) is 28.3. The monoisotopic (exact) mass is 1270 g/mol. The molecule has 4 aliphatic heterocycles. The van der Waals surface area contributed by atoms with E-state index in [1.54, 1.807) is 0 Å². The third kappa shape index (κ3) is 12.3. The van der Waals surface area contributed by atoms with Crippen molar-refractivity contribution in [3.8, 4) is 0 Å². The van der Waals surface area contributed by atoms with E-state index in [9.17, 15) is 80.1 Å². The van der Waals surface area contributed by atoms with Crippen LogP contribution in [0, 0.1) is 50.2 Å². The number of rotatable bonds is 16. The number of carbonyl (C=O) groups excluding carboxylic acids is 4. The van der Waals surface area contributed by atoms with E-state index in [1.165, 1.54) is 5.57 Å². The van der Waals surface area contributed by atoms with Crippen molar-refractivity contribution in [1.82, 2.24) is 0 Å². The van der Waals surface area contributed by atoms with Gasteiger partial charge in [0.1, 0.15) is 73.8 Å². The van der Waals surface area contributed by atoms with Crippen LogP contribution in [0.25, 0.3) is 0 Å². The van der Waals surface area contributed by atoms with Crippen molar-refractivity contribution >= 4 is 29.8 Å². The molecule has 0 unspecified atom stereocenters. The standard InChI is InChI=1S/C61H94O28/c1-25(64)78-23-33-44(80-26(2)65)47(81-27(3)66)48(82-28(4)67)55(84-33)86-43-31(68)22-79-52(42(43)74)89-50-49(75)56(5,6)20-30-29-12-13-35-58(8)16-15-36(59(9,24-63)34(58)14-17-61(35,11)60(29,10)19-18-57(30,50)7)85-54-46(40(72)39(71)45(87-54)51(76)77)88-53-41(73)38(70)37(69)32(21-62)83-53/h12,30-50,52-55,62-63,68-75H,13-24H2,1-11H3,(H,76,77)/t30-,31-,32-,33+,34-,35+,36-,37-,38+,39-,40+,41+,42+,43-,44+,45+,46+,47+,48+,49+,50+,52+,53+,54-,55-,57-,58-,59-,60-,61-/m0/s1. The van der Waals surface area contributed by atoms with Gasteiger partial charge in [-0.2, -0.15) is 0 Å². The second-order valence-electron chi connectivity index (χ2n) is 28.3. The van der Waals surface area contributed by atoms with Gasteiger partial charge in [0.15, 0.2) is 49.6 Å². The fourth-order valence-corrected chi connectivity index (χ4v) is 17.6. The first-order valence-corrected chi connectivity index (χ1v) is 31.0. The minimum absolute atomic E-state index is 0.0472. The van der Waals surface area contributed by atoms with E-state index in [4.69, 9.17) is 56.8 Å². The van der Waals surface area contributed by atoms with Crippen molar-refractivity contribution in [2.45, 2.75) is 263 Å². The molecule has 0 radical (unpaired) electrons. The van der Waals surface area contributed by atoms with Gasteiger partial charge < -0.3 is 113 Å². The lowest BCUT2D eigenvalue weighted by atomic mass is 9.33. The molecule has 28 heteroatoms. The maximum absolute atomic E-state index is 12.6. The van der Waals surface area contributed by atoms with Crippen LogP contribution in [0.2, 0.25) is 0 Å². The van der Waals surface area contributed by atoms with E-state index >= 15 is 0 Å². The normalized spacial score (nSPS) is 49.4. The fraction of sp³-hybridized carbons (Fsp3) is 0.885. The van der Waals surface area contributed by atoms with E-state index in [2.05, 4.69) is 33.8 Å². The highest BCUT2D eigenvalue weighted by molar-refractivity contribution is 5.73. The molecule has 11 N–H and O–H groups in total. The Morgan fingerprint density at radius 1 is 0.573 bits per heavy atom. The number of aliphatic carboxylic acids is 1. The lowest BCUT2D eigenvalue weighted by Crippen LogP contribution is -2.69. The van der Waals surface area contributed by atoms with Gasteiger partial charge in [-0.3, -0.25) is 19.2 Å². The predicted octanol–water partition coefficient (Wildman–Crippen LogP) is -0.606. The molecule has 9 rings (SSSR count). The number of carboxylic acids is 1. The molecule has 4 saturated carbocycles. The van der Waals surface area contributed by atoms with Crippen LogP contribution in [-0.4, -0.2) is 247 Å². The number of carbonyl (C=O) groups is 5. The molecule has 8 fully saturated rings. The van der Waals surface area contributed by atoms with E-state index < -0.39 is 212 Å².